The van der Waals surface area contributed by atoms with E-state index in [1.807, 2.05) is 0 Å². The van der Waals surface area contributed by atoms with Gasteiger partial charge in [0, 0.05) is 19.3 Å². The lowest BCUT2D eigenvalue weighted by atomic mass is 10.0. The van der Waals surface area contributed by atoms with Gasteiger partial charge in [0.25, 0.3) is 0 Å². The van der Waals surface area contributed by atoms with Crippen molar-refractivity contribution in [2.75, 3.05) is 39.6 Å². The molecule has 0 aromatic rings. The molecule has 95 heavy (non-hydrogen) atoms. The Balaban J connectivity index is 4.45. The van der Waals surface area contributed by atoms with Gasteiger partial charge in [0.15, 0.2) is 6.10 Å². The third-order valence-electron chi connectivity index (χ3n) is 15.8. The predicted octanol–water partition coefficient (Wildman–Crippen LogP) is 21.4. The third-order valence-corrected chi connectivity index (χ3v) is 17.7. The molecule has 0 radical (unpaired) electrons. The largest absolute Gasteiger partial charge is 0.472 e. The van der Waals surface area contributed by atoms with Crippen molar-refractivity contribution in [1.82, 2.24) is 0 Å². The number of phosphoric ester groups is 2. The van der Waals surface area contributed by atoms with Gasteiger partial charge >= 0.3 is 33.6 Å². The van der Waals surface area contributed by atoms with Gasteiger partial charge in [0.2, 0.25) is 0 Å². The molecular formula is C77H136O16P2. The Morgan fingerprint density at radius 1 is 0.305 bits per heavy atom. The number of ether oxygens (including phenoxy) is 3. The average molecular weight is 1380 g/mol. The summed E-state index contributed by atoms with van der Waals surface area (Å²) in [5, 5.41) is 20.6. The zero-order valence-electron chi connectivity index (χ0n) is 59.8. The zero-order valence-corrected chi connectivity index (χ0v) is 61.6. The van der Waals surface area contributed by atoms with Crippen LogP contribution in [0.1, 0.15) is 316 Å². The fraction of sp³-hybridized carbons (Fsp3) is 0.753. The Morgan fingerprint density at radius 2 is 0.558 bits per heavy atom. The van der Waals surface area contributed by atoms with Crippen LogP contribution in [0.2, 0.25) is 0 Å². The van der Waals surface area contributed by atoms with Crippen LogP contribution in [-0.4, -0.2) is 95.9 Å². The molecule has 4 N–H and O–H groups in total. The predicted molar refractivity (Wildman–Crippen MR) is 390 cm³/mol. The quantitative estimate of drug-likeness (QED) is 0.0146. The van der Waals surface area contributed by atoms with E-state index in [9.17, 15) is 43.5 Å². The lowest BCUT2D eigenvalue weighted by molar-refractivity contribution is -0.161. The number of hydrogen-bond donors (Lipinski definition) is 4. The lowest BCUT2D eigenvalue weighted by Gasteiger charge is -2.21. The molecule has 0 fully saturated rings. The second-order valence-corrected chi connectivity index (χ2v) is 28.0. The smallest absolute Gasteiger partial charge is 0.463 e. The van der Waals surface area contributed by atoms with Crippen LogP contribution in [0.15, 0.2) is 97.2 Å². The number of aliphatic hydroxyl groups excluding tert-OH is 2. The number of rotatable bonds is 71. The fourth-order valence-electron chi connectivity index (χ4n) is 10.1. The monoisotopic (exact) mass is 1380 g/mol. The second-order valence-electron chi connectivity index (χ2n) is 25.0. The van der Waals surface area contributed by atoms with Crippen LogP contribution in [0, 0.1) is 0 Å². The molecule has 0 amide bonds. The molecule has 0 aliphatic heterocycles. The highest BCUT2D eigenvalue weighted by Gasteiger charge is 2.29. The highest BCUT2D eigenvalue weighted by Crippen LogP contribution is 2.45. The first-order valence-corrected chi connectivity index (χ1v) is 40.5. The number of allylic oxidation sites excluding steroid dienone is 16. The summed E-state index contributed by atoms with van der Waals surface area (Å²) >= 11 is 0. The lowest BCUT2D eigenvalue weighted by Crippen LogP contribution is -2.30. The Morgan fingerprint density at radius 3 is 0.884 bits per heavy atom. The molecule has 5 atom stereocenters. The minimum atomic E-state index is -4.92. The Kier molecular flexibility index (Phi) is 67.7. The molecular weight excluding hydrogens is 1240 g/mol. The first kappa shape index (κ1) is 91.5. The zero-order chi connectivity index (χ0) is 69.5. The summed E-state index contributed by atoms with van der Waals surface area (Å²) in [5.74, 6) is -1.57. The molecule has 550 valence electrons. The Labute approximate surface area is 578 Å². The van der Waals surface area contributed by atoms with Gasteiger partial charge < -0.3 is 34.2 Å². The fourth-order valence-corrected chi connectivity index (χ4v) is 11.7. The number of unbranched alkanes of at least 4 members (excludes halogenated alkanes) is 32. The standard InChI is InChI=1S/C77H136O16P2/c1-4-7-10-13-16-19-22-25-27-29-30-31-32-33-34-35-36-37-38-39-40-42-44-46-48-51-54-57-60-63-75(80)87-66-72(78)67-89-94(83,84)90-68-73(79)69-91-95(85,86)92-71-74(93-77(82)65-62-59-56-53-50-45-24-21-18-15-12-9-6-3)70-88-76(81)64-61-58-55-52-49-47-43-41-28-26-23-20-17-14-11-8-5-2/h7-8,10-11,16-17,19-20,25-28,30-31,33-34,72-74,78-79H,4-6,9,12-15,18,21-24,29,32,35-71H2,1-3H3,(H,83,84)(H,85,86)/b10-7-,11-8-,19-16-,20-17-,27-25-,28-26-,31-30-,34-33-. The maximum atomic E-state index is 12.9. The van der Waals surface area contributed by atoms with Crippen molar-refractivity contribution in [3.8, 4) is 0 Å². The van der Waals surface area contributed by atoms with Crippen LogP contribution in [0.4, 0.5) is 0 Å². The molecule has 0 bridgehead atoms. The summed E-state index contributed by atoms with van der Waals surface area (Å²) in [6, 6.07) is 0. The van der Waals surface area contributed by atoms with E-state index in [2.05, 4.69) is 118 Å². The van der Waals surface area contributed by atoms with Crippen molar-refractivity contribution in [2.24, 2.45) is 0 Å². The minimum Gasteiger partial charge on any atom is -0.463 e. The summed E-state index contributed by atoms with van der Waals surface area (Å²) < 4.78 is 61.0. The number of aliphatic hydroxyl groups is 2. The third kappa shape index (κ3) is 71.6. The van der Waals surface area contributed by atoms with Crippen molar-refractivity contribution in [2.45, 2.75) is 334 Å². The van der Waals surface area contributed by atoms with Crippen molar-refractivity contribution < 1.29 is 75.8 Å². The van der Waals surface area contributed by atoms with Gasteiger partial charge in [-0.1, -0.05) is 298 Å². The van der Waals surface area contributed by atoms with Crippen molar-refractivity contribution in [1.29, 1.82) is 0 Å². The molecule has 0 saturated carbocycles. The summed E-state index contributed by atoms with van der Waals surface area (Å²) in [5.41, 5.74) is 0. The van der Waals surface area contributed by atoms with Crippen molar-refractivity contribution >= 4 is 33.6 Å². The summed E-state index contributed by atoms with van der Waals surface area (Å²) in [6.07, 6.45) is 78.9. The molecule has 0 heterocycles. The van der Waals surface area contributed by atoms with Gasteiger partial charge in [-0.2, -0.15) is 0 Å². The molecule has 0 saturated heterocycles. The van der Waals surface area contributed by atoms with Crippen LogP contribution in [0.3, 0.4) is 0 Å². The Bertz CT molecular complexity index is 2120. The number of carbonyl (C=O) groups excluding carboxylic acids is 3. The SMILES string of the molecule is CC/C=C\C/C=C\C/C=C\C/C=C\C/C=C\CCCCCCCCCCCCCCCC(=O)OCC(O)COP(=O)(O)OCC(O)COP(=O)(O)OCC(COC(=O)CCCCCCCCC/C=C\C/C=C\C/C=C\CC)OC(=O)CCCCCCCCCCCCCCC. The number of hydrogen-bond acceptors (Lipinski definition) is 14. The highest BCUT2D eigenvalue weighted by molar-refractivity contribution is 7.47. The van der Waals surface area contributed by atoms with E-state index in [1.54, 1.807) is 0 Å². The van der Waals surface area contributed by atoms with E-state index in [4.69, 9.17) is 32.3 Å². The van der Waals surface area contributed by atoms with Crippen LogP contribution in [-0.2, 0) is 55.8 Å². The molecule has 5 unspecified atom stereocenters. The highest BCUT2D eigenvalue weighted by atomic mass is 31.2. The molecule has 0 aromatic carbocycles. The molecule has 18 heteroatoms. The average Bonchev–Trinajstić information content (AvgIpc) is 3.76. The summed E-state index contributed by atoms with van der Waals surface area (Å²) in [4.78, 5) is 58.5. The van der Waals surface area contributed by atoms with Gasteiger partial charge in [-0.15, -0.1) is 0 Å². The summed E-state index contributed by atoms with van der Waals surface area (Å²) in [6.45, 7) is 2.47. The van der Waals surface area contributed by atoms with Gasteiger partial charge in [0.05, 0.1) is 26.4 Å². The number of carbonyl (C=O) groups is 3. The topological polar surface area (TPSA) is 231 Å². The maximum Gasteiger partial charge on any atom is 0.472 e. The van der Waals surface area contributed by atoms with Crippen LogP contribution in [0.25, 0.3) is 0 Å². The van der Waals surface area contributed by atoms with E-state index >= 15 is 0 Å². The maximum absolute atomic E-state index is 12.9. The second kappa shape index (κ2) is 70.3. The van der Waals surface area contributed by atoms with Gasteiger partial charge in [-0.3, -0.25) is 32.5 Å². The normalized spacial score (nSPS) is 14.6. The first-order valence-electron chi connectivity index (χ1n) is 37.5. The molecule has 16 nitrogen and oxygen atoms in total. The molecule has 0 aromatic heterocycles. The molecule has 0 aliphatic rings. The van der Waals surface area contributed by atoms with E-state index in [0.29, 0.717) is 19.3 Å². The van der Waals surface area contributed by atoms with E-state index in [-0.39, 0.29) is 19.3 Å². The Hall–Kier alpha value is -3.53. The minimum absolute atomic E-state index is 0.106. The number of phosphoric acid groups is 2. The van der Waals surface area contributed by atoms with Crippen LogP contribution >= 0.6 is 15.6 Å². The van der Waals surface area contributed by atoms with Crippen LogP contribution in [0.5, 0.6) is 0 Å². The summed E-state index contributed by atoms with van der Waals surface area (Å²) in [7, 11) is -9.77. The van der Waals surface area contributed by atoms with Gasteiger partial charge in [-0.25, -0.2) is 9.13 Å². The first-order chi connectivity index (χ1) is 46.2. The molecule has 0 aliphatic carbocycles. The van der Waals surface area contributed by atoms with Gasteiger partial charge in [0.1, 0.15) is 25.4 Å². The van der Waals surface area contributed by atoms with Crippen LogP contribution < -0.4 is 0 Å². The van der Waals surface area contributed by atoms with E-state index in [1.165, 1.54) is 109 Å². The van der Waals surface area contributed by atoms with Gasteiger partial charge in [-0.05, 0) is 96.3 Å². The number of esters is 3. The van der Waals surface area contributed by atoms with E-state index in [0.717, 1.165) is 148 Å². The van der Waals surface area contributed by atoms with Crippen molar-refractivity contribution in [3.05, 3.63) is 97.2 Å². The molecule has 0 spiro atoms. The molecule has 0 rings (SSSR count). The van der Waals surface area contributed by atoms with Crippen molar-refractivity contribution in [3.63, 3.8) is 0 Å². The van der Waals surface area contributed by atoms with E-state index < -0.39 is 91.5 Å².